The zero-order valence-corrected chi connectivity index (χ0v) is 9.56. The smallest absolute Gasteiger partial charge is 0.129 e. The average Bonchev–Trinajstić information content (AvgIpc) is 2.74. The van der Waals surface area contributed by atoms with Crippen molar-refractivity contribution in [1.29, 1.82) is 0 Å². The van der Waals surface area contributed by atoms with Gasteiger partial charge in [0.25, 0.3) is 0 Å². The van der Waals surface area contributed by atoms with E-state index in [0.717, 1.165) is 28.3 Å². The molecule has 0 saturated carbocycles. The lowest BCUT2D eigenvalue weighted by Gasteiger charge is -2.01. The van der Waals surface area contributed by atoms with Crippen molar-refractivity contribution in [3.63, 3.8) is 0 Å². The fourth-order valence-electron chi connectivity index (χ4n) is 1.65. The molecule has 0 amide bonds. The van der Waals surface area contributed by atoms with E-state index < -0.39 is 0 Å². The first-order chi connectivity index (χ1) is 7.63. The molecule has 2 rings (SSSR count). The van der Waals surface area contributed by atoms with Gasteiger partial charge in [0.15, 0.2) is 0 Å². The molecule has 0 saturated heterocycles. The van der Waals surface area contributed by atoms with Crippen molar-refractivity contribution in [3.8, 4) is 0 Å². The van der Waals surface area contributed by atoms with Crippen LogP contribution in [-0.4, -0.2) is 25.2 Å². The first kappa shape index (κ1) is 10.8. The molecule has 2 heterocycles. The van der Waals surface area contributed by atoms with Gasteiger partial charge in [-0.05, 0) is 20.8 Å². The van der Waals surface area contributed by atoms with Crippen LogP contribution in [0.4, 0.5) is 0 Å². The number of aromatic nitrogens is 4. The summed E-state index contributed by atoms with van der Waals surface area (Å²) in [5, 5.41) is 21.1. The first-order valence-electron chi connectivity index (χ1n) is 5.05. The standard InChI is InChI=1S/C10H14N4O2/c1-6-9(5-15)8(3)14(11-6)4-10-7(2)12-16-13-10/h15H,4-5H2,1-3H3. The van der Waals surface area contributed by atoms with Crippen molar-refractivity contribution in [3.05, 3.63) is 28.3 Å². The summed E-state index contributed by atoms with van der Waals surface area (Å²) < 4.78 is 6.43. The monoisotopic (exact) mass is 222 g/mol. The Morgan fingerprint density at radius 2 is 1.94 bits per heavy atom. The lowest BCUT2D eigenvalue weighted by molar-refractivity contribution is 0.280. The third kappa shape index (κ3) is 1.71. The lowest BCUT2D eigenvalue weighted by atomic mass is 10.2. The maximum absolute atomic E-state index is 9.19. The Labute approximate surface area is 92.9 Å². The molecule has 1 N–H and O–H groups in total. The van der Waals surface area contributed by atoms with Gasteiger partial charge in [-0.15, -0.1) is 0 Å². The maximum Gasteiger partial charge on any atom is 0.129 e. The van der Waals surface area contributed by atoms with Gasteiger partial charge in [-0.1, -0.05) is 10.3 Å². The van der Waals surface area contributed by atoms with E-state index in [0.29, 0.717) is 6.54 Å². The third-order valence-electron chi connectivity index (χ3n) is 2.74. The van der Waals surface area contributed by atoms with Gasteiger partial charge in [0.05, 0.1) is 18.8 Å². The SMILES string of the molecule is Cc1nonc1Cn1nc(C)c(CO)c1C. The highest BCUT2D eigenvalue weighted by Crippen LogP contribution is 2.14. The highest BCUT2D eigenvalue weighted by atomic mass is 16.6. The zero-order chi connectivity index (χ0) is 11.7. The van der Waals surface area contributed by atoms with Crippen molar-refractivity contribution >= 4 is 0 Å². The summed E-state index contributed by atoms with van der Waals surface area (Å²) in [6, 6.07) is 0. The van der Waals surface area contributed by atoms with E-state index in [2.05, 4.69) is 20.0 Å². The molecule has 6 nitrogen and oxygen atoms in total. The Morgan fingerprint density at radius 1 is 1.19 bits per heavy atom. The average molecular weight is 222 g/mol. The Morgan fingerprint density at radius 3 is 2.44 bits per heavy atom. The predicted octanol–water partition coefficient (Wildman–Crippen LogP) is 0.732. The molecule has 0 spiro atoms. The Balaban J connectivity index is 2.32. The van der Waals surface area contributed by atoms with Crippen LogP contribution < -0.4 is 0 Å². The molecule has 0 radical (unpaired) electrons. The number of aliphatic hydroxyl groups excluding tert-OH is 1. The van der Waals surface area contributed by atoms with E-state index >= 15 is 0 Å². The summed E-state index contributed by atoms with van der Waals surface area (Å²) in [4.78, 5) is 0. The largest absolute Gasteiger partial charge is 0.392 e. The zero-order valence-electron chi connectivity index (χ0n) is 9.56. The fourth-order valence-corrected chi connectivity index (χ4v) is 1.65. The molecular weight excluding hydrogens is 208 g/mol. The summed E-state index contributed by atoms with van der Waals surface area (Å²) in [5.41, 5.74) is 4.18. The lowest BCUT2D eigenvalue weighted by Crippen LogP contribution is -2.05. The number of hydrogen-bond donors (Lipinski definition) is 1. The van der Waals surface area contributed by atoms with E-state index in [4.69, 9.17) is 0 Å². The van der Waals surface area contributed by atoms with Gasteiger partial charge in [0, 0.05) is 11.3 Å². The van der Waals surface area contributed by atoms with Gasteiger partial charge in [-0.25, -0.2) is 4.63 Å². The Hall–Kier alpha value is -1.69. The van der Waals surface area contributed by atoms with E-state index in [-0.39, 0.29) is 6.61 Å². The normalized spacial score (nSPS) is 11.0. The van der Waals surface area contributed by atoms with Gasteiger partial charge in [-0.2, -0.15) is 5.10 Å². The Kier molecular flexibility index (Phi) is 2.74. The second-order valence-corrected chi connectivity index (χ2v) is 3.76. The predicted molar refractivity (Wildman–Crippen MR) is 55.8 cm³/mol. The van der Waals surface area contributed by atoms with Gasteiger partial charge in [0.1, 0.15) is 11.4 Å². The van der Waals surface area contributed by atoms with Crippen molar-refractivity contribution < 1.29 is 9.74 Å². The van der Waals surface area contributed by atoms with Crippen LogP contribution in [0, 0.1) is 20.8 Å². The molecular formula is C10H14N4O2. The van der Waals surface area contributed by atoms with E-state index in [1.807, 2.05) is 20.8 Å². The minimum atomic E-state index is 0.00765. The molecule has 0 aliphatic heterocycles. The van der Waals surface area contributed by atoms with E-state index in [9.17, 15) is 5.11 Å². The molecule has 0 aliphatic carbocycles. The molecule has 16 heavy (non-hydrogen) atoms. The van der Waals surface area contributed by atoms with Crippen LogP contribution in [0.2, 0.25) is 0 Å². The summed E-state index contributed by atoms with van der Waals surface area (Å²) >= 11 is 0. The topological polar surface area (TPSA) is 77.0 Å². The quantitative estimate of drug-likeness (QED) is 0.828. The molecule has 0 aromatic carbocycles. The Bertz CT molecular complexity index is 501. The second-order valence-electron chi connectivity index (χ2n) is 3.76. The number of aryl methyl sites for hydroxylation is 2. The van der Waals surface area contributed by atoms with E-state index in [1.165, 1.54) is 0 Å². The summed E-state index contributed by atoms with van der Waals surface area (Å²) in [6.07, 6.45) is 0. The molecule has 0 unspecified atom stereocenters. The van der Waals surface area contributed by atoms with Crippen LogP contribution in [0.1, 0.15) is 28.3 Å². The molecule has 6 heteroatoms. The molecule has 0 aliphatic rings. The van der Waals surface area contributed by atoms with Crippen LogP contribution in [-0.2, 0) is 13.2 Å². The first-order valence-corrected chi connectivity index (χ1v) is 5.05. The summed E-state index contributed by atoms with van der Waals surface area (Å²) in [7, 11) is 0. The number of nitrogens with zero attached hydrogens (tertiary/aromatic N) is 4. The van der Waals surface area contributed by atoms with Crippen molar-refractivity contribution in [1.82, 2.24) is 20.1 Å². The van der Waals surface area contributed by atoms with Crippen LogP contribution >= 0.6 is 0 Å². The minimum absolute atomic E-state index is 0.00765. The summed E-state index contributed by atoms with van der Waals surface area (Å²) in [6.45, 7) is 6.16. The molecule has 2 aromatic rings. The molecule has 86 valence electrons. The van der Waals surface area contributed by atoms with Crippen molar-refractivity contribution in [2.24, 2.45) is 0 Å². The fraction of sp³-hybridized carbons (Fsp3) is 0.500. The number of hydrogen-bond acceptors (Lipinski definition) is 5. The highest BCUT2D eigenvalue weighted by molar-refractivity contribution is 5.24. The van der Waals surface area contributed by atoms with Crippen molar-refractivity contribution in [2.45, 2.75) is 33.9 Å². The van der Waals surface area contributed by atoms with Gasteiger partial charge < -0.3 is 5.11 Å². The molecule has 0 fully saturated rings. The molecule has 0 atom stereocenters. The highest BCUT2D eigenvalue weighted by Gasteiger charge is 2.13. The second kappa shape index (κ2) is 4.05. The van der Waals surface area contributed by atoms with Gasteiger partial charge in [0.2, 0.25) is 0 Å². The van der Waals surface area contributed by atoms with Gasteiger partial charge >= 0.3 is 0 Å². The molecule has 2 aromatic heterocycles. The third-order valence-corrected chi connectivity index (χ3v) is 2.74. The molecule has 0 bridgehead atoms. The van der Waals surface area contributed by atoms with Crippen LogP contribution in [0.3, 0.4) is 0 Å². The number of aliphatic hydroxyl groups is 1. The minimum Gasteiger partial charge on any atom is -0.392 e. The van der Waals surface area contributed by atoms with E-state index in [1.54, 1.807) is 4.68 Å². The van der Waals surface area contributed by atoms with Gasteiger partial charge in [-0.3, -0.25) is 4.68 Å². The summed E-state index contributed by atoms with van der Waals surface area (Å²) in [5.74, 6) is 0. The van der Waals surface area contributed by atoms with Crippen LogP contribution in [0.15, 0.2) is 4.63 Å². The van der Waals surface area contributed by atoms with Crippen molar-refractivity contribution in [2.75, 3.05) is 0 Å². The number of rotatable bonds is 3. The maximum atomic E-state index is 9.19. The van der Waals surface area contributed by atoms with Crippen LogP contribution in [0.5, 0.6) is 0 Å². The van der Waals surface area contributed by atoms with Crippen LogP contribution in [0.25, 0.3) is 0 Å².